The van der Waals surface area contributed by atoms with E-state index in [9.17, 15) is 9.59 Å². The molecule has 5 heteroatoms. The number of hydrogen-bond donors (Lipinski definition) is 1. The average molecular weight is 211 g/mol. The second kappa shape index (κ2) is 6.82. The lowest BCUT2D eigenvalue weighted by molar-refractivity contribution is -0.137. The lowest BCUT2D eigenvalue weighted by atomic mass is 10.2. The van der Waals surface area contributed by atoms with Crippen LogP contribution < -0.4 is 5.32 Å². The maximum atomic E-state index is 11.6. The number of rotatable bonds is 5. The van der Waals surface area contributed by atoms with Gasteiger partial charge >= 0.3 is 0 Å². The van der Waals surface area contributed by atoms with E-state index in [1.165, 1.54) is 11.8 Å². The molecule has 0 aromatic rings. The Morgan fingerprint density at radius 3 is 2.47 bits per heavy atom. The van der Waals surface area contributed by atoms with Gasteiger partial charge in [0.2, 0.25) is 11.8 Å². The van der Waals surface area contributed by atoms with Crippen molar-refractivity contribution in [2.24, 2.45) is 5.92 Å². The van der Waals surface area contributed by atoms with Gasteiger partial charge in [0.05, 0.1) is 12.6 Å². The highest BCUT2D eigenvalue weighted by atomic mass is 16.2. The third-order valence-corrected chi connectivity index (χ3v) is 1.97. The fourth-order valence-corrected chi connectivity index (χ4v) is 1.10. The number of nitrogens with zero attached hydrogens (tertiary/aromatic N) is 2. The lowest BCUT2D eigenvalue weighted by Gasteiger charge is -2.21. The Morgan fingerprint density at radius 2 is 2.07 bits per heavy atom. The van der Waals surface area contributed by atoms with Gasteiger partial charge in [-0.2, -0.15) is 5.26 Å². The minimum atomic E-state index is -0.695. The number of likely N-dealkylation sites (N-methyl/N-ethyl adjacent to an activating group) is 2. The van der Waals surface area contributed by atoms with E-state index in [2.05, 4.69) is 5.32 Å². The average Bonchev–Trinajstić information content (AvgIpc) is 2.24. The third-order valence-electron chi connectivity index (χ3n) is 1.97. The highest BCUT2D eigenvalue weighted by Crippen LogP contribution is 2.00. The molecule has 15 heavy (non-hydrogen) atoms. The normalized spacial score (nSPS) is 11.3. The summed E-state index contributed by atoms with van der Waals surface area (Å²) in [6, 6.07) is 1.86. The Morgan fingerprint density at radius 1 is 1.47 bits per heavy atom. The Bertz CT molecular complexity index is 270. The SMILES string of the molecule is CCNC(=O)CN(CC)C(=O)C(C)C#N. The number of nitrogens with one attached hydrogen (secondary N) is 1. The largest absolute Gasteiger partial charge is 0.355 e. The molecule has 5 nitrogen and oxygen atoms in total. The molecule has 0 aromatic heterocycles. The van der Waals surface area contributed by atoms with Crippen LogP contribution in [-0.4, -0.2) is 36.3 Å². The van der Waals surface area contributed by atoms with Gasteiger partial charge in [0.25, 0.3) is 0 Å². The van der Waals surface area contributed by atoms with Crippen molar-refractivity contribution in [1.82, 2.24) is 10.2 Å². The Hall–Kier alpha value is -1.57. The molecule has 0 spiro atoms. The number of amides is 2. The molecule has 0 saturated carbocycles. The van der Waals surface area contributed by atoms with Crippen LogP contribution in [0.3, 0.4) is 0 Å². The first kappa shape index (κ1) is 13.4. The lowest BCUT2D eigenvalue weighted by Crippen LogP contribution is -2.42. The predicted octanol–water partition coefficient (Wildman–Crippen LogP) is 0.131. The zero-order valence-electron chi connectivity index (χ0n) is 9.41. The minimum Gasteiger partial charge on any atom is -0.355 e. The predicted molar refractivity (Wildman–Crippen MR) is 55.7 cm³/mol. The first-order valence-corrected chi connectivity index (χ1v) is 5.01. The summed E-state index contributed by atoms with van der Waals surface area (Å²) in [5.74, 6) is -1.19. The topological polar surface area (TPSA) is 73.2 Å². The van der Waals surface area contributed by atoms with E-state index in [0.717, 1.165) is 0 Å². The van der Waals surface area contributed by atoms with Crippen molar-refractivity contribution < 1.29 is 9.59 Å². The first-order chi connectivity index (χ1) is 7.06. The summed E-state index contributed by atoms with van der Waals surface area (Å²) < 4.78 is 0. The van der Waals surface area contributed by atoms with Gasteiger partial charge in [0.1, 0.15) is 5.92 Å². The second-order valence-electron chi connectivity index (χ2n) is 3.16. The molecule has 84 valence electrons. The van der Waals surface area contributed by atoms with Crippen LogP contribution in [0.15, 0.2) is 0 Å². The summed E-state index contributed by atoms with van der Waals surface area (Å²) >= 11 is 0. The van der Waals surface area contributed by atoms with Crippen molar-refractivity contribution >= 4 is 11.8 Å². The van der Waals surface area contributed by atoms with Crippen molar-refractivity contribution in [2.75, 3.05) is 19.6 Å². The van der Waals surface area contributed by atoms with Crippen LogP contribution in [-0.2, 0) is 9.59 Å². The number of nitriles is 1. The zero-order valence-corrected chi connectivity index (χ0v) is 9.41. The summed E-state index contributed by atoms with van der Waals surface area (Å²) in [5.41, 5.74) is 0. The van der Waals surface area contributed by atoms with Gasteiger partial charge in [0.15, 0.2) is 0 Å². The van der Waals surface area contributed by atoms with Gasteiger partial charge in [-0.1, -0.05) is 0 Å². The molecule has 0 saturated heterocycles. The van der Waals surface area contributed by atoms with Crippen LogP contribution in [0.25, 0.3) is 0 Å². The highest BCUT2D eigenvalue weighted by molar-refractivity contribution is 5.86. The van der Waals surface area contributed by atoms with E-state index in [1.807, 2.05) is 13.0 Å². The third kappa shape index (κ3) is 4.45. The molecule has 0 aliphatic carbocycles. The van der Waals surface area contributed by atoms with E-state index in [-0.39, 0.29) is 18.4 Å². The summed E-state index contributed by atoms with van der Waals surface area (Å²) in [5, 5.41) is 11.2. The van der Waals surface area contributed by atoms with Gasteiger partial charge < -0.3 is 10.2 Å². The summed E-state index contributed by atoms with van der Waals surface area (Å²) in [4.78, 5) is 24.2. The Labute approximate surface area is 90.0 Å². The summed E-state index contributed by atoms with van der Waals surface area (Å²) in [6.07, 6.45) is 0. The maximum Gasteiger partial charge on any atom is 0.240 e. The summed E-state index contributed by atoms with van der Waals surface area (Å²) in [6.45, 7) is 6.12. The fourth-order valence-electron chi connectivity index (χ4n) is 1.10. The van der Waals surface area contributed by atoms with E-state index < -0.39 is 5.92 Å². The van der Waals surface area contributed by atoms with Crippen LogP contribution in [0.4, 0.5) is 0 Å². The van der Waals surface area contributed by atoms with Crippen molar-refractivity contribution in [3.63, 3.8) is 0 Å². The van der Waals surface area contributed by atoms with Gasteiger partial charge in [-0.25, -0.2) is 0 Å². The molecule has 0 radical (unpaired) electrons. The molecule has 0 rings (SSSR count). The maximum absolute atomic E-state index is 11.6. The Balaban J connectivity index is 4.32. The molecular weight excluding hydrogens is 194 g/mol. The van der Waals surface area contributed by atoms with Crippen molar-refractivity contribution in [3.05, 3.63) is 0 Å². The molecule has 2 amide bonds. The zero-order chi connectivity index (χ0) is 11.8. The van der Waals surface area contributed by atoms with Gasteiger partial charge in [0, 0.05) is 13.1 Å². The second-order valence-corrected chi connectivity index (χ2v) is 3.16. The molecule has 0 aromatic carbocycles. The fraction of sp³-hybridized carbons (Fsp3) is 0.700. The monoisotopic (exact) mass is 211 g/mol. The molecule has 0 aliphatic rings. The molecule has 1 unspecified atom stereocenters. The quantitative estimate of drug-likeness (QED) is 0.702. The van der Waals surface area contributed by atoms with E-state index >= 15 is 0 Å². The summed E-state index contributed by atoms with van der Waals surface area (Å²) in [7, 11) is 0. The molecule has 0 heterocycles. The van der Waals surface area contributed by atoms with Gasteiger partial charge in [-0.3, -0.25) is 9.59 Å². The first-order valence-electron chi connectivity index (χ1n) is 5.01. The Kier molecular flexibility index (Phi) is 6.11. The number of hydrogen-bond acceptors (Lipinski definition) is 3. The smallest absolute Gasteiger partial charge is 0.240 e. The molecule has 0 aliphatic heterocycles. The standard InChI is InChI=1S/C10H17N3O2/c1-4-12-9(14)7-13(5-2)10(15)8(3)6-11/h8H,4-5,7H2,1-3H3,(H,12,14). The van der Waals surface area contributed by atoms with Crippen LogP contribution in [0.5, 0.6) is 0 Å². The minimum absolute atomic E-state index is 0.0230. The van der Waals surface area contributed by atoms with Crippen LogP contribution in [0.2, 0.25) is 0 Å². The van der Waals surface area contributed by atoms with Crippen LogP contribution in [0.1, 0.15) is 20.8 Å². The van der Waals surface area contributed by atoms with E-state index in [0.29, 0.717) is 13.1 Å². The number of carbonyl (C=O) groups excluding carboxylic acids is 2. The van der Waals surface area contributed by atoms with E-state index in [4.69, 9.17) is 5.26 Å². The van der Waals surface area contributed by atoms with Crippen LogP contribution >= 0.6 is 0 Å². The van der Waals surface area contributed by atoms with Crippen molar-refractivity contribution in [1.29, 1.82) is 5.26 Å². The van der Waals surface area contributed by atoms with E-state index in [1.54, 1.807) is 6.92 Å². The van der Waals surface area contributed by atoms with Crippen molar-refractivity contribution in [2.45, 2.75) is 20.8 Å². The molecule has 1 atom stereocenters. The van der Waals surface area contributed by atoms with Gasteiger partial charge in [-0.05, 0) is 20.8 Å². The molecule has 1 N–H and O–H groups in total. The molecule has 0 fully saturated rings. The molecular formula is C10H17N3O2. The van der Waals surface area contributed by atoms with Gasteiger partial charge in [-0.15, -0.1) is 0 Å². The molecule has 0 bridgehead atoms. The number of carbonyl (C=O) groups is 2. The van der Waals surface area contributed by atoms with Crippen LogP contribution in [0, 0.1) is 17.2 Å². The highest BCUT2D eigenvalue weighted by Gasteiger charge is 2.20. The van der Waals surface area contributed by atoms with Crippen molar-refractivity contribution in [3.8, 4) is 6.07 Å².